The number of hydrogen-bond acceptors (Lipinski definition) is 2. The molecule has 2 heterocycles. The molecule has 0 fully saturated rings. The lowest BCUT2D eigenvalue weighted by atomic mass is 9.88. The molecule has 1 aromatic carbocycles. The van der Waals surface area contributed by atoms with E-state index in [0.717, 1.165) is 17.2 Å². The number of fused-ring (bicyclic) bond motifs is 1. The van der Waals surface area contributed by atoms with Gasteiger partial charge in [0.1, 0.15) is 5.82 Å². The molecule has 0 spiro atoms. The van der Waals surface area contributed by atoms with Crippen molar-refractivity contribution in [2.45, 2.75) is 26.7 Å². The van der Waals surface area contributed by atoms with Gasteiger partial charge in [-0.25, -0.2) is 4.39 Å². The summed E-state index contributed by atoms with van der Waals surface area (Å²) in [4.78, 5) is 28.9. The van der Waals surface area contributed by atoms with Gasteiger partial charge in [0.2, 0.25) is 5.91 Å². The number of hydrogen-bond donors (Lipinski definition) is 2. The summed E-state index contributed by atoms with van der Waals surface area (Å²) in [7, 11) is 0. The summed E-state index contributed by atoms with van der Waals surface area (Å²) in [5, 5.41) is 0.738. The Morgan fingerprint density at radius 3 is 2.65 bits per heavy atom. The molecule has 0 radical (unpaired) electrons. The van der Waals surface area contributed by atoms with E-state index in [1.54, 1.807) is 24.0 Å². The van der Waals surface area contributed by atoms with Crippen molar-refractivity contribution in [2.24, 2.45) is 5.73 Å². The lowest BCUT2D eigenvalue weighted by molar-refractivity contribution is -0.125. The molecule has 0 unspecified atom stereocenters. The van der Waals surface area contributed by atoms with Crippen LogP contribution in [0, 0.1) is 12.7 Å². The number of aromatic nitrogens is 1. The maximum atomic E-state index is 15.5. The molecule has 7 heteroatoms. The molecule has 162 valence electrons. The first-order valence-electron chi connectivity index (χ1n) is 9.94. The van der Waals surface area contributed by atoms with Crippen LogP contribution in [0.15, 0.2) is 48.6 Å². The van der Waals surface area contributed by atoms with Gasteiger partial charge in [0.15, 0.2) is 0 Å². The fraction of sp³-hybridized carbons (Fsp3) is 0.250. The van der Waals surface area contributed by atoms with E-state index < -0.39 is 11.7 Å². The van der Waals surface area contributed by atoms with Crippen molar-refractivity contribution < 1.29 is 14.0 Å². The van der Waals surface area contributed by atoms with Gasteiger partial charge in [0.25, 0.3) is 5.91 Å². The number of amides is 2. The number of H-pyrrole nitrogens is 1. The number of nitrogens with zero attached hydrogens (tertiary/aromatic N) is 1. The van der Waals surface area contributed by atoms with Crippen LogP contribution in [0.5, 0.6) is 0 Å². The third-order valence-electron chi connectivity index (χ3n) is 5.57. The van der Waals surface area contributed by atoms with Crippen molar-refractivity contribution in [1.29, 1.82) is 0 Å². The number of aryl methyl sites for hydroxylation is 1. The summed E-state index contributed by atoms with van der Waals surface area (Å²) in [5.41, 5.74) is 9.30. The molecular formula is C24H25ClFN3O2. The monoisotopic (exact) mass is 441 g/mol. The van der Waals surface area contributed by atoms with Crippen LogP contribution in [-0.4, -0.2) is 34.8 Å². The highest BCUT2D eigenvalue weighted by atomic mass is 35.5. The highest BCUT2D eigenvalue weighted by Crippen LogP contribution is 2.41. The average molecular weight is 442 g/mol. The highest BCUT2D eigenvalue weighted by Gasteiger charge is 2.26. The van der Waals surface area contributed by atoms with E-state index in [1.165, 1.54) is 6.08 Å². The molecule has 2 aromatic rings. The van der Waals surface area contributed by atoms with Crippen molar-refractivity contribution in [1.82, 2.24) is 9.88 Å². The largest absolute Gasteiger partial charge is 0.366 e. The van der Waals surface area contributed by atoms with Crippen LogP contribution in [0.3, 0.4) is 0 Å². The maximum Gasteiger partial charge on any atom is 0.250 e. The Morgan fingerprint density at radius 2 is 2.03 bits per heavy atom. The van der Waals surface area contributed by atoms with E-state index in [-0.39, 0.29) is 17.0 Å². The minimum atomic E-state index is -0.744. The number of allylic oxidation sites excluding steroid dienone is 4. The van der Waals surface area contributed by atoms with Crippen molar-refractivity contribution in [3.63, 3.8) is 0 Å². The van der Waals surface area contributed by atoms with Crippen LogP contribution in [0.25, 0.3) is 16.5 Å². The second-order valence-electron chi connectivity index (χ2n) is 7.60. The topological polar surface area (TPSA) is 79.2 Å². The number of nitrogens with one attached hydrogen (secondary N) is 1. The van der Waals surface area contributed by atoms with Gasteiger partial charge >= 0.3 is 0 Å². The maximum absolute atomic E-state index is 15.5. The number of primary amides is 1. The number of carbonyl (C=O) groups excluding carboxylic acids is 2. The van der Waals surface area contributed by atoms with E-state index >= 15 is 4.39 Å². The normalized spacial score (nSPS) is 15.2. The van der Waals surface area contributed by atoms with Gasteiger partial charge in [-0.3, -0.25) is 9.59 Å². The highest BCUT2D eigenvalue weighted by molar-refractivity contribution is 6.37. The van der Waals surface area contributed by atoms with Crippen LogP contribution < -0.4 is 5.73 Å². The first-order valence-corrected chi connectivity index (χ1v) is 10.3. The number of nitrogens with two attached hydrogens (primary N) is 1. The first-order chi connectivity index (χ1) is 14.7. The molecule has 5 nitrogen and oxygen atoms in total. The van der Waals surface area contributed by atoms with Gasteiger partial charge < -0.3 is 15.6 Å². The van der Waals surface area contributed by atoms with Gasteiger partial charge in [-0.15, -0.1) is 0 Å². The molecule has 0 saturated heterocycles. The third kappa shape index (κ3) is 4.08. The van der Waals surface area contributed by atoms with Gasteiger partial charge in [0.05, 0.1) is 16.1 Å². The molecule has 2 amide bonds. The lowest BCUT2D eigenvalue weighted by Crippen LogP contribution is -2.30. The summed E-state index contributed by atoms with van der Waals surface area (Å²) in [6.45, 7) is 12.0. The smallest absolute Gasteiger partial charge is 0.250 e. The van der Waals surface area contributed by atoms with E-state index in [0.29, 0.717) is 53.1 Å². The summed E-state index contributed by atoms with van der Waals surface area (Å²) >= 11 is 6.55. The fourth-order valence-corrected chi connectivity index (χ4v) is 4.38. The quantitative estimate of drug-likeness (QED) is 0.502. The Kier molecular flexibility index (Phi) is 6.51. The van der Waals surface area contributed by atoms with Crippen LogP contribution in [-0.2, 0) is 4.79 Å². The van der Waals surface area contributed by atoms with Gasteiger partial charge in [-0.1, -0.05) is 42.5 Å². The lowest BCUT2D eigenvalue weighted by Gasteiger charge is -2.20. The zero-order chi connectivity index (χ0) is 22.9. The second-order valence-corrected chi connectivity index (χ2v) is 7.98. The predicted molar refractivity (Wildman–Crippen MR) is 123 cm³/mol. The summed E-state index contributed by atoms with van der Waals surface area (Å²) < 4.78 is 15.5. The van der Waals surface area contributed by atoms with Crippen molar-refractivity contribution in [2.75, 3.05) is 13.1 Å². The van der Waals surface area contributed by atoms with Crippen LogP contribution in [0.1, 0.15) is 41.4 Å². The summed E-state index contributed by atoms with van der Waals surface area (Å²) in [6.07, 6.45) is 5.99. The minimum absolute atomic E-state index is 0.0403. The fourth-order valence-electron chi connectivity index (χ4n) is 4.14. The second kappa shape index (κ2) is 8.94. The Morgan fingerprint density at radius 1 is 1.32 bits per heavy atom. The van der Waals surface area contributed by atoms with Crippen molar-refractivity contribution >= 4 is 39.9 Å². The number of halogens is 2. The molecule has 0 saturated carbocycles. The molecule has 3 rings (SSSR count). The zero-order valence-corrected chi connectivity index (χ0v) is 18.4. The molecule has 31 heavy (non-hydrogen) atoms. The van der Waals surface area contributed by atoms with E-state index in [1.807, 2.05) is 6.92 Å². The Labute approximate surface area is 185 Å². The number of carbonyl (C=O) groups is 2. The van der Waals surface area contributed by atoms with Crippen molar-refractivity contribution in [3.8, 4) is 0 Å². The zero-order valence-electron chi connectivity index (χ0n) is 17.6. The molecular weight excluding hydrogens is 417 g/mol. The predicted octanol–water partition coefficient (Wildman–Crippen LogP) is 5.06. The standard InChI is InChI=1S/C24H25ClFN3O2/c1-5-8-16(15-9-7-10-29(12-13(15)3)19(30)6-2)20-18(26)11-17(24(27)31)23-21(20)22(25)14(4)28-23/h5-6,8,11,28H,1-2,7,9-10,12H2,3-4H3,(H2,27,31)/b16-8+. The SMILES string of the molecule is C=C/C=C(\C1=C(C)CN(C(=O)C=C)CCC1)c1c(F)cc(C(N)=O)c2[nH]c(C)c(Cl)c12. The molecule has 0 aliphatic carbocycles. The van der Waals surface area contributed by atoms with E-state index in [9.17, 15) is 9.59 Å². The number of rotatable bonds is 5. The summed E-state index contributed by atoms with van der Waals surface area (Å²) in [5.74, 6) is -1.48. The van der Waals surface area contributed by atoms with E-state index in [2.05, 4.69) is 18.1 Å². The average Bonchev–Trinajstić information content (AvgIpc) is 2.89. The van der Waals surface area contributed by atoms with Crippen molar-refractivity contribution in [3.05, 3.63) is 76.3 Å². The number of benzene rings is 1. The molecule has 1 aliphatic heterocycles. The minimum Gasteiger partial charge on any atom is -0.366 e. The van der Waals surface area contributed by atoms with Gasteiger partial charge in [0, 0.05) is 29.7 Å². The van der Waals surface area contributed by atoms with E-state index in [4.69, 9.17) is 17.3 Å². The third-order valence-corrected chi connectivity index (χ3v) is 6.04. The van der Waals surface area contributed by atoms with Crippen LogP contribution in [0.2, 0.25) is 5.02 Å². The molecule has 3 N–H and O–H groups in total. The Hall–Kier alpha value is -3.12. The van der Waals surface area contributed by atoms with Crippen LogP contribution >= 0.6 is 11.6 Å². The molecule has 0 bridgehead atoms. The molecule has 1 aromatic heterocycles. The first kappa shape index (κ1) is 22.6. The summed E-state index contributed by atoms with van der Waals surface area (Å²) in [6, 6.07) is 1.14. The number of aromatic amines is 1. The Balaban J connectivity index is 2.29. The Bertz CT molecular complexity index is 1170. The van der Waals surface area contributed by atoms with Crippen LogP contribution in [0.4, 0.5) is 4.39 Å². The van der Waals surface area contributed by atoms with Gasteiger partial charge in [-0.2, -0.15) is 0 Å². The van der Waals surface area contributed by atoms with Gasteiger partial charge in [-0.05, 0) is 50.0 Å². The molecule has 1 aliphatic rings. The molecule has 0 atom stereocenters.